The van der Waals surface area contributed by atoms with Gasteiger partial charge in [0, 0.05) is 50.3 Å². The summed E-state index contributed by atoms with van der Waals surface area (Å²) >= 11 is 1.68. The van der Waals surface area contributed by atoms with Gasteiger partial charge in [0.15, 0.2) is 0 Å². The Morgan fingerprint density at radius 2 is 1.89 bits per heavy atom. The lowest BCUT2D eigenvalue weighted by molar-refractivity contribution is -0.131. The van der Waals surface area contributed by atoms with Gasteiger partial charge in [-0.15, -0.1) is 11.3 Å². The van der Waals surface area contributed by atoms with Gasteiger partial charge in [-0.2, -0.15) is 0 Å². The number of nitrogens with zero attached hydrogens (tertiary/aromatic N) is 5. The molecule has 2 aromatic heterocycles. The molecular formula is C20H23N5OS. The van der Waals surface area contributed by atoms with Crippen LogP contribution in [0.25, 0.3) is 10.2 Å². The minimum atomic E-state index is 0.212. The van der Waals surface area contributed by atoms with Crippen LogP contribution in [0.5, 0.6) is 0 Å². The first-order valence-corrected chi connectivity index (χ1v) is 10.1. The number of thiazole rings is 1. The van der Waals surface area contributed by atoms with Gasteiger partial charge in [-0.3, -0.25) is 4.79 Å². The molecule has 0 bridgehead atoms. The average molecular weight is 382 g/mol. The Morgan fingerprint density at radius 1 is 1.11 bits per heavy atom. The van der Waals surface area contributed by atoms with Gasteiger partial charge in [0.05, 0.1) is 15.2 Å². The molecule has 1 aromatic carbocycles. The van der Waals surface area contributed by atoms with E-state index >= 15 is 0 Å². The molecule has 0 radical (unpaired) electrons. The van der Waals surface area contributed by atoms with Gasteiger partial charge in [-0.1, -0.05) is 12.1 Å². The number of aryl methyl sites for hydroxylation is 2. The molecule has 0 unspecified atom stereocenters. The van der Waals surface area contributed by atoms with E-state index in [0.717, 1.165) is 53.8 Å². The van der Waals surface area contributed by atoms with Crippen molar-refractivity contribution in [1.29, 1.82) is 0 Å². The van der Waals surface area contributed by atoms with E-state index in [4.69, 9.17) is 0 Å². The number of para-hydroxylation sites is 1. The molecule has 7 heteroatoms. The fourth-order valence-electron chi connectivity index (χ4n) is 3.41. The van der Waals surface area contributed by atoms with Crippen molar-refractivity contribution >= 4 is 33.3 Å². The number of amides is 1. The predicted molar refractivity (Wildman–Crippen MR) is 108 cm³/mol. The van der Waals surface area contributed by atoms with E-state index in [0.29, 0.717) is 12.8 Å². The molecule has 27 heavy (non-hydrogen) atoms. The van der Waals surface area contributed by atoms with E-state index in [-0.39, 0.29) is 5.91 Å². The first-order chi connectivity index (χ1) is 13.1. The van der Waals surface area contributed by atoms with Crippen molar-refractivity contribution in [3.05, 3.63) is 46.9 Å². The molecule has 0 saturated carbocycles. The van der Waals surface area contributed by atoms with E-state index in [2.05, 4.69) is 32.8 Å². The highest BCUT2D eigenvalue weighted by Crippen LogP contribution is 2.23. The van der Waals surface area contributed by atoms with Gasteiger partial charge < -0.3 is 9.80 Å². The molecular weight excluding hydrogens is 358 g/mol. The molecule has 1 aliphatic heterocycles. The van der Waals surface area contributed by atoms with Gasteiger partial charge in [0.25, 0.3) is 0 Å². The number of anilines is 1. The second kappa shape index (κ2) is 7.60. The van der Waals surface area contributed by atoms with Crippen LogP contribution in [-0.2, 0) is 11.2 Å². The molecule has 4 rings (SSSR count). The molecule has 140 valence electrons. The number of hydrogen-bond donors (Lipinski definition) is 0. The van der Waals surface area contributed by atoms with Crippen molar-refractivity contribution in [2.75, 3.05) is 31.1 Å². The van der Waals surface area contributed by atoms with Crippen LogP contribution in [0.1, 0.15) is 22.7 Å². The van der Waals surface area contributed by atoms with Gasteiger partial charge in [-0.05, 0) is 26.0 Å². The van der Waals surface area contributed by atoms with Crippen molar-refractivity contribution in [3.63, 3.8) is 0 Å². The Hall–Kier alpha value is -2.54. The Balaban J connectivity index is 1.32. The van der Waals surface area contributed by atoms with Crippen molar-refractivity contribution in [1.82, 2.24) is 19.9 Å². The summed E-state index contributed by atoms with van der Waals surface area (Å²) in [5, 5.41) is 1.04. The number of aromatic nitrogens is 3. The minimum absolute atomic E-state index is 0.212. The van der Waals surface area contributed by atoms with Crippen LogP contribution in [0, 0.1) is 13.8 Å². The number of carbonyl (C=O) groups excluding carboxylic acids is 1. The number of hydrogen-bond acceptors (Lipinski definition) is 6. The molecule has 0 N–H and O–H groups in total. The van der Waals surface area contributed by atoms with Crippen LogP contribution in [0.15, 0.2) is 30.6 Å². The summed E-state index contributed by atoms with van der Waals surface area (Å²) < 4.78 is 1.18. The molecule has 1 aliphatic rings. The van der Waals surface area contributed by atoms with Gasteiger partial charge in [-0.25, -0.2) is 15.0 Å². The van der Waals surface area contributed by atoms with Crippen LogP contribution in [0.2, 0.25) is 0 Å². The Kier molecular flexibility index (Phi) is 5.03. The molecule has 1 amide bonds. The third-order valence-electron chi connectivity index (χ3n) is 5.13. The van der Waals surface area contributed by atoms with Crippen LogP contribution in [0.3, 0.4) is 0 Å². The van der Waals surface area contributed by atoms with Gasteiger partial charge >= 0.3 is 0 Å². The molecule has 0 atom stereocenters. The molecule has 3 heterocycles. The second-order valence-corrected chi connectivity index (χ2v) is 7.97. The first kappa shape index (κ1) is 17.9. The first-order valence-electron chi connectivity index (χ1n) is 9.27. The summed E-state index contributed by atoms with van der Waals surface area (Å²) in [6.07, 6.45) is 2.85. The molecule has 6 nitrogen and oxygen atoms in total. The van der Waals surface area contributed by atoms with Crippen molar-refractivity contribution < 1.29 is 4.79 Å². The van der Waals surface area contributed by atoms with Crippen LogP contribution < -0.4 is 4.90 Å². The Morgan fingerprint density at radius 3 is 2.67 bits per heavy atom. The van der Waals surface area contributed by atoms with Crippen molar-refractivity contribution in [2.24, 2.45) is 0 Å². The second-order valence-electron chi connectivity index (χ2n) is 6.85. The van der Waals surface area contributed by atoms with E-state index in [1.807, 2.05) is 30.0 Å². The Bertz CT molecular complexity index is 929. The summed E-state index contributed by atoms with van der Waals surface area (Å²) in [5.74, 6) is 1.20. The summed E-state index contributed by atoms with van der Waals surface area (Å²) in [6, 6.07) is 8.12. The third-order valence-corrected chi connectivity index (χ3v) is 6.23. The lowest BCUT2D eigenvalue weighted by Crippen LogP contribution is -2.49. The highest BCUT2D eigenvalue weighted by Gasteiger charge is 2.23. The molecule has 0 spiro atoms. The number of carbonyl (C=O) groups is 1. The average Bonchev–Trinajstić information content (AvgIpc) is 3.11. The number of piperazine rings is 1. The van der Waals surface area contributed by atoms with E-state index < -0.39 is 0 Å². The molecule has 1 fully saturated rings. The maximum Gasteiger partial charge on any atom is 0.223 e. The SMILES string of the molecule is Cc1ncnc(N2CCN(C(=O)CCc3nc4ccccc4s3)CC2)c1C. The number of rotatable bonds is 4. The fourth-order valence-corrected chi connectivity index (χ4v) is 4.38. The van der Waals surface area contributed by atoms with Gasteiger partial charge in [0.1, 0.15) is 12.1 Å². The zero-order valence-electron chi connectivity index (χ0n) is 15.7. The van der Waals surface area contributed by atoms with Crippen molar-refractivity contribution in [3.8, 4) is 0 Å². The molecule has 0 aliphatic carbocycles. The molecule has 1 saturated heterocycles. The largest absolute Gasteiger partial charge is 0.353 e. The highest BCUT2D eigenvalue weighted by atomic mass is 32.1. The summed E-state index contributed by atoms with van der Waals surface area (Å²) in [4.78, 5) is 30.1. The summed E-state index contributed by atoms with van der Waals surface area (Å²) in [5.41, 5.74) is 3.15. The minimum Gasteiger partial charge on any atom is -0.353 e. The van der Waals surface area contributed by atoms with Crippen LogP contribution in [-0.4, -0.2) is 51.9 Å². The van der Waals surface area contributed by atoms with E-state index in [1.54, 1.807) is 17.7 Å². The molecule has 3 aromatic rings. The third kappa shape index (κ3) is 3.78. The van der Waals surface area contributed by atoms with E-state index in [9.17, 15) is 4.79 Å². The number of fused-ring (bicyclic) bond motifs is 1. The maximum atomic E-state index is 12.6. The Labute approximate surface area is 162 Å². The highest BCUT2D eigenvalue weighted by molar-refractivity contribution is 7.18. The van der Waals surface area contributed by atoms with Crippen LogP contribution >= 0.6 is 11.3 Å². The quantitative estimate of drug-likeness (QED) is 0.695. The maximum absolute atomic E-state index is 12.6. The van der Waals surface area contributed by atoms with Gasteiger partial charge in [0.2, 0.25) is 5.91 Å². The normalized spacial score (nSPS) is 14.7. The predicted octanol–water partition coefficient (Wildman–Crippen LogP) is 2.98. The zero-order chi connectivity index (χ0) is 18.8. The standard InChI is InChI=1S/C20H23N5OS/c1-14-15(2)21-13-22-20(14)25-11-9-24(10-12-25)19(26)8-7-18-23-16-5-3-4-6-17(16)27-18/h3-6,13H,7-12H2,1-2H3. The lowest BCUT2D eigenvalue weighted by atomic mass is 10.2. The smallest absolute Gasteiger partial charge is 0.223 e. The zero-order valence-corrected chi connectivity index (χ0v) is 16.5. The fraction of sp³-hybridized carbons (Fsp3) is 0.400. The van der Waals surface area contributed by atoms with Crippen molar-refractivity contribution in [2.45, 2.75) is 26.7 Å². The topological polar surface area (TPSA) is 62.2 Å². The monoisotopic (exact) mass is 381 g/mol. The lowest BCUT2D eigenvalue weighted by Gasteiger charge is -2.36. The summed E-state index contributed by atoms with van der Waals surface area (Å²) in [7, 11) is 0. The van der Waals surface area contributed by atoms with Crippen LogP contribution in [0.4, 0.5) is 5.82 Å². The summed E-state index contributed by atoms with van der Waals surface area (Å²) in [6.45, 7) is 7.15. The van der Waals surface area contributed by atoms with E-state index in [1.165, 1.54) is 4.70 Å². The number of benzene rings is 1.